The van der Waals surface area contributed by atoms with Crippen molar-refractivity contribution in [3.05, 3.63) is 77.6 Å². The molecule has 1 amide bonds. The van der Waals surface area contributed by atoms with E-state index < -0.39 is 0 Å². The fourth-order valence-electron chi connectivity index (χ4n) is 2.84. The van der Waals surface area contributed by atoms with Crippen LogP contribution in [0, 0.1) is 0 Å². The van der Waals surface area contributed by atoms with E-state index in [9.17, 15) is 4.79 Å². The molecule has 142 valence electrons. The lowest BCUT2D eigenvalue weighted by molar-refractivity contribution is 0.0950. The first kappa shape index (κ1) is 17.8. The molecule has 7 nitrogen and oxygen atoms in total. The molecule has 7 heteroatoms. The number of carbonyl (C=O) groups is 1. The minimum Gasteiger partial charge on any atom is -0.454 e. The Labute approximate surface area is 162 Å². The summed E-state index contributed by atoms with van der Waals surface area (Å²) in [5, 5.41) is 6.02. The van der Waals surface area contributed by atoms with Crippen molar-refractivity contribution < 1.29 is 14.3 Å². The van der Waals surface area contributed by atoms with E-state index in [1.165, 1.54) is 18.0 Å². The van der Waals surface area contributed by atoms with Crippen molar-refractivity contribution in [1.29, 1.82) is 0 Å². The predicted molar refractivity (Wildman–Crippen MR) is 104 cm³/mol. The zero-order valence-corrected chi connectivity index (χ0v) is 15.2. The Balaban J connectivity index is 1.26. The maximum absolute atomic E-state index is 12.3. The van der Waals surface area contributed by atoms with Crippen LogP contribution in [0.4, 0.5) is 5.95 Å². The summed E-state index contributed by atoms with van der Waals surface area (Å²) < 4.78 is 10.6. The number of amides is 1. The largest absolute Gasteiger partial charge is 0.454 e. The van der Waals surface area contributed by atoms with E-state index in [0.717, 1.165) is 24.3 Å². The molecule has 0 unspecified atom stereocenters. The van der Waals surface area contributed by atoms with Crippen LogP contribution < -0.4 is 20.1 Å². The normalized spacial score (nSPS) is 11.9. The summed E-state index contributed by atoms with van der Waals surface area (Å²) in [5.74, 6) is 1.69. The molecular weight excluding hydrogens is 356 g/mol. The van der Waals surface area contributed by atoms with E-state index in [1.807, 2.05) is 36.4 Å². The first-order chi connectivity index (χ1) is 13.8. The van der Waals surface area contributed by atoms with Gasteiger partial charge in [-0.2, -0.15) is 0 Å². The summed E-state index contributed by atoms with van der Waals surface area (Å²) in [6.45, 7) is 1.33. The molecule has 2 aromatic carbocycles. The molecule has 1 aromatic heterocycles. The van der Waals surface area contributed by atoms with Crippen LogP contribution >= 0.6 is 0 Å². The molecule has 0 bridgehead atoms. The summed E-state index contributed by atoms with van der Waals surface area (Å²) in [5.41, 5.74) is 2.58. The number of rotatable bonds is 7. The Morgan fingerprint density at radius 3 is 2.57 bits per heavy atom. The first-order valence-corrected chi connectivity index (χ1v) is 9.04. The highest BCUT2D eigenvalue weighted by Crippen LogP contribution is 2.32. The number of carbonyl (C=O) groups excluding carboxylic acids is 1. The number of nitrogens with one attached hydrogen (secondary N) is 2. The third-order valence-corrected chi connectivity index (χ3v) is 4.34. The maximum atomic E-state index is 12.3. The number of nitrogens with zero attached hydrogens (tertiary/aromatic N) is 2. The molecule has 0 fully saturated rings. The number of hydrogen-bond donors (Lipinski definition) is 2. The van der Waals surface area contributed by atoms with Crippen LogP contribution in [0.2, 0.25) is 0 Å². The molecule has 0 saturated heterocycles. The number of benzene rings is 2. The van der Waals surface area contributed by atoms with E-state index in [0.29, 0.717) is 23.8 Å². The second-order valence-corrected chi connectivity index (χ2v) is 6.33. The van der Waals surface area contributed by atoms with Gasteiger partial charge in [0.15, 0.2) is 11.5 Å². The van der Waals surface area contributed by atoms with Crippen LogP contribution in [0.5, 0.6) is 11.5 Å². The molecule has 0 spiro atoms. The average molecular weight is 376 g/mol. The number of anilines is 1. The van der Waals surface area contributed by atoms with Gasteiger partial charge in [-0.05, 0) is 29.7 Å². The minimum absolute atomic E-state index is 0.228. The maximum Gasteiger partial charge on any atom is 0.254 e. The van der Waals surface area contributed by atoms with Crippen LogP contribution in [0.15, 0.2) is 60.9 Å². The molecular formula is C21H20N4O3. The second kappa shape index (κ2) is 8.39. The van der Waals surface area contributed by atoms with Crippen LogP contribution in [0.1, 0.15) is 21.5 Å². The monoisotopic (exact) mass is 376 g/mol. The van der Waals surface area contributed by atoms with Crippen molar-refractivity contribution >= 4 is 11.9 Å². The van der Waals surface area contributed by atoms with E-state index >= 15 is 0 Å². The molecule has 0 aliphatic carbocycles. The topological polar surface area (TPSA) is 85.4 Å². The third kappa shape index (κ3) is 4.37. The van der Waals surface area contributed by atoms with Gasteiger partial charge in [0.25, 0.3) is 5.91 Å². The average Bonchev–Trinajstić information content (AvgIpc) is 3.21. The zero-order chi connectivity index (χ0) is 19.2. The van der Waals surface area contributed by atoms with Crippen LogP contribution in [-0.2, 0) is 13.0 Å². The lowest BCUT2D eigenvalue weighted by Gasteiger charge is -2.07. The van der Waals surface area contributed by atoms with Crippen molar-refractivity contribution in [2.45, 2.75) is 13.0 Å². The Morgan fingerprint density at radius 1 is 0.964 bits per heavy atom. The fourth-order valence-corrected chi connectivity index (χ4v) is 2.84. The Morgan fingerprint density at radius 2 is 1.75 bits per heavy atom. The summed E-state index contributed by atoms with van der Waals surface area (Å²) in [7, 11) is 0. The summed E-state index contributed by atoms with van der Waals surface area (Å²) in [4.78, 5) is 20.7. The number of aromatic nitrogens is 2. The van der Waals surface area contributed by atoms with Crippen molar-refractivity contribution in [1.82, 2.24) is 15.3 Å². The highest BCUT2D eigenvalue weighted by Gasteiger charge is 2.14. The molecule has 0 radical (unpaired) electrons. The Hall–Kier alpha value is -3.61. The van der Waals surface area contributed by atoms with Gasteiger partial charge in [-0.25, -0.2) is 9.97 Å². The second-order valence-electron chi connectivity index (χ2n) is 6.33. The molecule has 0 atom stereocenters. The Bertz CT molecular complexity index is 946. The minimum atomic E-state index is -0.228. The molecule has 2 N–H and O–H groups in total. The highest BCUT2D eigenvalue weighted by molar-refractivity contribution is 5.93. The third-order valence-electron chi connectivity index (χ3n) is 4.34. The smallest absolute Gasteiger partial charge is 0.254 e. The number of fused-ring (bicyclic) bond motifs is 1. The molecule has 0 saturated carbocycles. The van der Waals surface area contributed by atoms with Gasteiger partial charge in [0.1, 0.15) is 0 Å². The van der Waals surface area contributed by atoms with Crippen LogP contribution in [0.25, 0.3) is 0 Å². The first-order valence-electron chi connectivity index (χ1n) is 9.04. The molecule has 1 aliphatic rings. The van der Waals surface area contributed by atoms with Gasteiger partial charge < -0.3 is 20.1 Å². The fraction of sp³-hybridized carbons (Fsp3) is 0.190. The van der Waals surface area contributed by atoms with Gasteiger partial charge in [-0.1, -0.05) is 36.4 Å². The Kier molecular flexibility index (Phi) is 5.33. The summed E-state index contributed by atoms with van der Waals surface area (Å²) in [6.07, 6.45) is 3.92. The van der Waals surface area contributed by atoms with Crippen molar-refractivity contribution in [2.24, 2.45) is 0 Å². The molecule has 1 aliphatic heterocycles. The number of hydrogen-bond acceptors (Lipinski definition) is 6. The van der Waals surface area contributed by atoms with E-state index in [2.05, 4.69) is 32.7 Å². The molecule has 2 heterocycles. The quantitative estimate of drug-likeness (QED) is 0.660. The van der Waals surface area contributed by atoms with Gasteiger partial charge in [-0.15, -0.1) is 0 Å². The van der Waals surface area contributed by atoms with Crippen molar-refractivity contribution in [2.75, 3.05) is 18.7 Å². The van der Waals surface area contributed by atoms with Gasteiger partial charge in [-0.3, -0.25) is 4.79 Å². The summed E-state index contributed by atoms with van der Waals surface area (Å²) in [6, 6.07) is 15.8. The highest BCUT2D eigenvalue weighted by atomic mass is 16.7. The standard InChI is InChI=1S/C21H20N4O3/c26-20(23-11-16-6-7-18-19(10-16)28-14-27-18)17-12-24-21(25-13-17)22-9-8-15-4-2-1-3-5-15/h1-7,10,12-13H,8-9,11,14H2,(H,23,26)(H,22,24,25). The van der Waals surface area contributed by atoms with E-state index in [4.69, 9.17) is 9.47 Å². The number of ether oxygens (including phenoxy) is 2. The van der Waals surface area contributed by atoms with Crippen molar-refractivity contribution in [3.8, 4) is 11.5 Å². The summed E-state index contributed by atoms with van der Waals surface area (Å²) >= 11 is 0. The van der Waals surface area contributed by atoms with Crippen LogP contribution in [-0.4, -0.2) is 29.2 Å². The van der Waals surface area contributed by atoms with Crippen LogP contribution in [0.3, 0.4) is 0 Å². The van der Waals surface area contributed by atoms with Gasteiger partial charge in [0.05, 0.1) is 5.56 Å². The SMILES string of the molecule is O=C(NCc1ccc2c(c1)OCO2)c1cnc(NCCc2ccccc2)nc1. The van der Waals surface area contributed by atoms with Gasteiger partial charge in [0, 0.05) is 25.5 Å². The lowest BCUT2D eigenvalue weighted by atomic mass is 10.1. The lowest BCUT2D eigenvalue weighted by Crippen LogP contribution is -2.23. The van der Waals surface area contributed by atoms with Gasteiger partial charge in [0.2, 0.25) is 12.7 Å². The molecule has 4 rings (SSSR count). The zero-order valence-electron chi connectivity index (χ0n) is 15.2. The predicted octanol–water partition coefficient (Wildman–Crippen LogP) is 2.79. The molecule has 3 aromatic rings. The van der Waals surface area contributed by atoms with Gasteiger partial charge >= 0.3 is 0 Å². The van der Waals surface area contributed by atoms with E-state index in [1.54, 1.807) is 0 Å². The van der Waals surface area contributed by atoms with E-state index in [-0.39, 0.29) is 12.7 Å². The molecule has 28 heavy (non-hydrogen) atoms. The van der Waals surface area contributed by atoms with Crippen molar-refractivity contribution in [3.63, 3.8) is 0 Å².